The van der Waals surface area contributed by atoms with Crippen LogP contribution in [0.25, 0.3) is 11.0 Å². The Morgan fingerprint density at radius 2 is 1.90 bits per heavy atom. The van der Waals surface area contributed by atoms with Crippen molar-refractivity contribution < 1.29 is 26.8 Å². The Kier molecular flexibility index (Phi) is 6.26. The quantitative estimate of drug-likeness (QED) is 0.580. The summed E-state index contributed by atoms with van der Waals surface area (Å²) in [6.07, 6.45) is 0. The normalized spacial score (nSPS) is 11.7. The summed E-state index contributed by atoms with van der Waals surface area (Å²) in [7, 11) is -0.790. The molecule has 3 aromatic rings. The molecule has 1 aromatic heterocycles. The second-order valence-electron chi connectivity index (χ2n) is 7.57. The number of benzene rings is 2. The van der Waals surface area contributed by atoms with Gasteiger partial charge in [0.2, 0.25) is 0 Å². The average molecular weight is 449 g/mol. The first kappa shape index (κ1) is 22.6. The Bertz CT molecular complexity index is 1230. The van der Waals surface area contributed by atoms with E-state index in [1.54, 1.807) is 44.1 Å². The standard InChI is InChI=1S/C22H25FN2O5S/c1-6-29-18-8-7-14(13(2)3)9-21(18)31(27,28)24-22(26)20-12-16-17(23)10-15(25(4)5)11-19(16)30-20/h7-13H,6H2,1-5H3,(H,24,26). The lowest BCUT2D eigenvalue weighted by Gasteiger charge is -2.14. The Labute approximate surface area is 180 Å². The van der Waals surface area contributed by atoms with E-state index in [0.717, 1.165) is 5.56 Å². The minimum Gasteiger partial charge on any atom is -0.492 e. The van der Waals surface area contributed by atoms with Crippen molar-refractivity contribution in [1.82, 2.24) is 4.72 Å². The van der Waals surface area contributed by atoms with E-state index in [1.165, 1.54) is 18.2 Å². The molecule has 0 atom stereocenters. The minimum atomic E-state index is -4.27. The first-order valence-electron chi connectivity index (χ1n) is 9.77. The third kappa shape index (κ3) is 4.66. The minimum absolute atomic E-state index is 0.0737. The Morgan fingerprint density at radius 1 is 1.19 bits per heavy atom. The molecule has 0 aliphatic carbocycles. The van der Waals surface area contributed by atoms with Crippen LogP contribution in [0.4, 0.5) is 10.1 Å². The fourth-order valence-corrected chi connectivity index (χ4v) is 4.19. The predicted octanol–water partition coefficient (Wildman–Crippen LogP) is 4.28. The van der Waals surface area contributed by atoms with Gasteiger partial charge in [-0.05, 0) is 36.6 Å². The van der Waals surface area contributed by atoms with E-state index < -0.39 is 21.7 Å². The molecule has 0 fully saturated rings. The van der Waals surface area contributed by atoms with Crippen LogP contribution in [0.2, 0.25) is 0 Å². The summed E-state index contributed by atoms with van der Waals surface area (Å²) in [6.45, 7) is 5.84. The number of hydrogen-bond acceptors (Lipinski definition) is 6. The molecule has 0 saturated carbocycles. The van der Waals surface area contributed by atoms with Gasteiger partial charge in [0.05, 0.1) is 12.0 Å². The molecule has 3 rings (SSSR count). The van der Waals surface area contributed by atoms with E-state index in [2.05, 4.69) is 0 Å². The van der Waals surface area contributed by atoms with Gasteiger partial charge in [0.25, 0.3) is 10.0 Å². The highest BCUT2D eigenvalue weighted by Crippen LogP contribution is 2.30. The lowest BCUT2D eigenvalue weighted by atomic mass is 10.0. The van der Waals surface area contributed by atoms with Gasteiger partial charge in [-0.2, -0.15) is 0 Å². The molecule has 0 aliphatic rings. The van der Waals surface area contributed by atoms with Gasteiger partial charge in [0.15, 0.2) is 5.76 Å². The number of carbonyl (C=O) groups is 1. The fraction of sp³-hybridized carbons (Fsp3) is 0.318. The van der Waals surface area contributed by atoms with Crippen LogP contribution in [0.15, 0.2) is 45.7 Å². The average Bonchev–Trinajstić information content (AvgIpc) is 3.13. The lowest BCUT2D eigenvalue weighted by Crippen LogP contribution is -2.30. The number of furan rings is 1. The number of halogens is 1. The van der Waals surface area contributed by atoms with Gasteiger partial charge in [-0.1, -0.05) is 19.9 Å². The van der Waals surface area contributed by atoms with Crippen LogP contribution in [0, 0.1) is 5.82 Å². The topological polar surface area (TPSA) is 88.8 Å². The zero-order valence-electron chi connectivity index (χ0n) is 18.0. The largest absolute Gasteiger partial charge is 0.492 e. The van der Waals surface area contributed by atoms with Crippen LogP contribution in [-0.4, -0.2) is 35.0 Å². The number of rotatable bonds is 7. The van der Waals surface area contributed by atoms with Gasteiger partial charge in [-0.3, -0.25) is 4.79 Å². The monoisotopic (exact) mass is 448 g/mol. The SMILES string of the molecule is CCOc1ccc(C(C)C)cc1S(=O)(=O)NC(=O)c1cc2c(F)cc(N(C)C)cc2o1. The molecule has 7 nitrogen and oxygen atoms in total. The number of anilines is 1. The predicted molar refractivity (Wildman–Crippen MR) is 117 cm³/mol. The van der Waals surface area contributed by atoms with E-state index in [1.807, 2.05) is 18.6 Å². The first-order valence-corrected chi connectivity index (χ1v) is 11.3. The Hall–Kier alpha value is -3.07. The number of carbonyl (C=O) groups excluding carboxylic acids is 1. The first-order chi connectivity index (χ1) is 14.5. The zero-order chi connectivity index (χ0) is 22.9. The smallest absolute Gasteiger partial charge is 0.300 e. The number of nitrogens with one attached hydrogen (secondary N) is 1. The highest BCUT2D eigenvalue weighted by molar-refractivity contribution is 7.90. The summed E-state index contributed by atoms with van der Waals surface area (Å²) >= 11 is 0. The third-order valence-corrected chi connectivity index (χ3v) is 6.11. The molecule has 0 unspecified atom stereocenters. The number of hydrogen-bond donors (Lipinski definition) is 1. The van der Waals surface area contributed by atoms with Crippen LogP contribution < -0.4 is 14.4 Å². The molecule has 0 radical (unpaired) electrons. The number of amides is 1. The van der Waals surface area contributed by atoms with E-state index >= 15 is 0 Å². The highest BCUT2D eigenvalue weighted by Gasteiger charge is 2.26. The van der Waals surface area contributed by atoms with Gasteiger partial charge in [-0.25, -0.2) is 17.5 Å². The van der Waals surface area contributed by atoms with Crippen LogP contribution in [0.3, 0.4) is 0 Å². The van der Waals surface area contributed by atoms with Crippen LogP contribution in [0.5, 0.6) is 5.75 Å². The van der Waals surface area contributed by atoms with Crippen molar-refractivity contribution in [3.63, 3.8) is 0 Å². The summed E-state index contributed by atoms with van der Waals surface area (Å²) in [5.74, 6) is -1.68. The molecule has 1 heterocycles. The van der Waals surface area contributed by atoms with E-state index in [9.17, 15) is 17.6 Å². The molecule has 0 aliphatic heterocycles. The van der Waals surface area contributed by atoms with Crippen molar-refractivity contribution in [2.24, 2.45) is 0 Å². The molecular weight excluding hydrogens is 423 g/mol. The maximum atomic E-state index is 14.4. The molecule has 9 heteroatoms. The Morgan fingerprint density at radius 3 is 2.52 bits per heavy atom. The number of sulfonamides is 1. The molecule has 0 bridgehead atoms. The molecule has 2 aromatic carbocycles. The van der Waals surface area contributed by atoms with Crippen molar-refractivity contribution in [2.75, 3.05) is 25.6 Å². The molecule has 1 amide bonds. The maximum Gasteiger partial charge on any atom is 0.300 e. The van der Waals surface area contributed by atoms with Gasteiger partial charge in [-0.15, -0.1) is 0 Å². The van der Waals surface area contributed by atoms with Gasteiger partial charge < -0.3 is 14.1 Å². The van der Waals surface area contributed by atoms with Gasteiger partial charge in [0, 0.05) is 31.9 Å². The number of nitrogens with zero attached hydrogens (tertiary/aromatic N) is 1. The van der Waals surface area contributed by atoms with E-state index in [-0.39, 0.29) is 39.9 Å². The summed E-state index contributed by atoms with van der Waals surface area (Å²) in [5.41, 5.74) is 1.46. The third-order valence-electron chi connectivity index (χ3n) is 4.76. The summed E-state index contributed by atoms with van der Waals surface area (Å²) in [5, 5.41) is 0.0879. The van der Waals surface area contributed by atoms with E-state index in [4.69, 9.17) is 9.15 Å². The van der Waals surface area contributed by atoms with Crippen molar-refractivity contribution in [1.29, 1.82) is 0 Å². The number of ether oxygens (including phenoxy) is 1. The van der Waals surface area contributed by atoms with Crippen LogP contribution in [0.1, 0.15) is 42.8 Å². The van der Waals surface area contributed by atoms with Crippen molar-refractivity contribution in [2.45, 2.75) is 31.6 Å². The van der Waals surface area contributed by atoms with Crippen LogP contribution in [-0.2, 0) is 10.0 Å². The van der Waals surface area contributed by atoms with E-state index in [0.29, 0.717) is 5.69 Å². The summed E-state index contributed by atoms with van der Waals surface area (Å²) in [4.78, 5) is 14.2. The second-order valence-corrected chi connectivity index (χ2v) is 9.22. The molecule has 166 valence electrons. The molecule has 1 N–H and O–H groups in total. The Balaban J connectivity index is 1.97. The maximum absolute atomic E-state index is 14.4. The lowest BCUT2D eigenvalue weighted by molar-refractivity contribution is 0.0956. The van der Waals surface area contributed by atoms with Crippen molar-refractivity contribution >= 4 is 32.6 Å². The van der Waals surface area contributed by atoms with Crippen molar-refractivity contribution in [3.8, 4) is 5.75 Å². The van der Waals surface area contributed by atoms with Crippen LogP contribution >= 0.6 is 0 Å². The fourth-order valence-electron chi connectivity index (χ4n) is 3.05. The van der Waals surface area contributed by atoms with Gasteiger partial charge >= 0.3 is 5.91 Å². The molecule has 0 spiro atoms. The van der Waals surface area contributed by atoms with Gasteiger partial charge in [0.1, 0.15) is 22.0 Å². The molecular formula is C22H25FN2O5S. The molecule has 31 heavy (non-hydrogen) atoms. The summed E-state index contributed by atoms with van der Waals surface area (Å²) < 4.78 is 53.2. The molecule has 0 saturated heterocycles. The summed E-state index contributed by atoms with van der Waals surface area (Å²) in [6, 6.07) is 8.89. The highest BCUT2D eigenvalue weighted by atomic mass is 32.2. The number of fused-ring (bicyclic) bond motifs is 1. The zero-order valence-corrected chi connectivity index (χ0v) is 18.8. The second kappa shape index (κ2) is 8.58. The van der Waals surface area contributed by atoms with Crippen molar-refractivity contribution in [3.05, 3.63) is 53.5 Å².